The third-order valence-corrected chi connectivity index (χ3v) is 5.46. The lowest BCUT2D eigenvalue weighted by Gasteiger charge is -2.19. The topological polar surface area (TPSA) is 59.1 Å². The van der Waals surface area contributed by atoms with E-state index in [4.69, 9.17) is 0 Å². The summed E-state index contributed by atoms with van der Waals surface area (Å²) in [7, 11) is -3.45. The molecule has 0 aliphatic carbocycles. The number of thiazole rings is 1. The Morgan fingerprint density at radius 1 is 1.19 bits per heavy atom. The summed E-state index contributed by atoms with van der Waals surface area (Å²) in [5, 5.41) is 2.82. The lowest BCUT2D eigenvalue weighted by atomic mass is 9.87. The zero-order chi connectivity index (χ0) is 15.5. The van der Waals surface area contributed by atoms with Crippen LogP contribution in [0.25, 0.3) is 0 Å². The monoisotopic (exact) mass is 324 g/mol. The molecule has 0 unspecified atom stereocenters. The van der Waals surface area contributed by atoms with E-state index in [-0.39, 0.29) is 5.41 Å². The van der Waals surface area contributed by atoms with Gasteiger partial charge in [-0.25, -0.2) is 18.1 Å². The molecular formula is C15H20N2O2S2. The molecule has 1 N–H and O–H groups in total. The van der Waals surface area contributed by atoms with Crippen molar-refractivity contribution in [3.8, 4) is 0 Å². The van der Waals surface area contributed by atoms with Crippen LogP contribution in [0.2, 0.25) is 0 Å². The molecule has 0 radical (unpaired) electrons. The zero-order valence-electron chi connectivity index (χ0n) is 12.5. The molecule has 0 fully saturated rings. The van der Waals surface area contributed by atoms with Gasteiger partial charge < -0.3 is 0 Å². The summed E-state index contributed by atoms with van der Waals surface area (Å²) in [5.74, 6) is 0. The minimum atomic E-state index is -3.45. The number of hydrogen-bond donors (Lipinski definition) is 1. The largest absolute Gasteiger partial charge is 0.250 e. The smallest absolute Gasteiger partial charge is 0.240 e. The van der Waals surface area contributed by atoms with Gasteiger partial charge in [0.25, 0.3) is 0 Å². The first kappa shape index (κ1) is 16.1. The summed E-state index contributed by atoms with van der Waals surface area (Å²) in [6.45, 7) is 6.66. The predicted octanol–water partition coefficient (Wildman–Crippen LogP) is 2.96. The zero-order valence-corrected chi connectivity index (χ0v) is 14.1. The normalized spacial score (nSPS) is 12.5. The van der Waals surface area contributed by atoms with Crippen molar-refractivity contribution in [2.24, 2.45) is 0 Å². The highest BCUT2D eigenvalue weighted by atomic mass is 32.2. The minimum absolute atomic E-state index is 0.0144. The molecule has 0 bridgehead atoms. The van der Waals surface area contributed by atoms with Crippen molar-refractivity contribution in [3.63, 3.8) is 0 Å². The van der Waals surface area contributed by atoms with Crippen molar-refractivity contribution in [1.82, 2.24) is 9.71 Å². The molecule has 6 heteroatoms. The number of nitrogens with one attached hydrogen (secondary N) is 1. The molecule has 1 heterocycles. The van der Waals surface area contributed by atoms with Crippen LogP contribution in [-0.4, -0.2) is 19.9 Å². The Balaban J connectivity index is 2.02. The second-order valence-electron chi connectivity index (χ2n) is 5.85. The Bertz CT molecular complexity index is 669. The van der Waals surface area contributed by atoms with Crippen molar-refractivity contribution in [1.29, 1.82) is 0 Å². The Labute approximate surface area is 130 Å². The van der Waals surface area contributed by atoms with E-state index in [1.807, 2.05) is 17.5 Å². The van der Waals surface area contributed by atoms with Gasteiger partial charge in [-0.05, 0) is 23.1 Å². The van der Waals surface area contributed by atoms with Gasteiger partial charge in [0.15, 0.2) is 0 Å². The molecule has 0 saturated heterocycles. The fourth-order valence-corrected chi connectivity index (χ4v) is 3.54. The Morgan fingerprint density at radius 2 is 1.86 bits per heavy atom. The molecule has 2 rings (SSSR count). The maximum absolute atomic E-state index is 12.2. The van der Waals surface area contributed by atoms with Crippen LogP contribution < -0.4 is 4.72 Å². The van der Waals surface area contributed by atoms with Crippen LogP contribution >= 0.6 is 11.3 Å². The highest BCUT2D eigenvalue weighted by Crippen LogP contribution is 2.23. The van der Waals surface area contributed by atoms with Crippen molar-refractivity contribution in [3.05, 3.63) is 46.4 Å². The number of nitrogens with zero attached hydrogens (tertiary/aromatic N) is 1. The fraction of sp³-hybridized carbons (Fsp3) is 0.400. The number of rotatable bonds is 5. The van der Waals surface area contributed by atoms with Crippen LogP contribution in [0.5, 0.6) is 0 Å². The molecule has 4 nitrogen and oxygen atoms in total. The molecule has 114 valence electrons. The molecule has 21 heavy (non-hydrogen) atoms. The SMILES string of the molecule is CC(C)(C)c1ccc(S(=O)(=O)NCCc2nccs2)cc1. The first-order valence-corrected chi connectivity index (χ1v) is 9.14. The highest BCUT2D eigenvalue weighted by molar-refractivity contribution is 7.89. The van der Waals surface area contributed by atoms with Crippen LogP contribution in [0.4, 0.5) is 0 Å². The standard InChI is InChI=1S/C15H20N2O2S2/c1-15(2,3)12-4-6-13(7-5-12)21(18,19)17-9-8-14-16-10-11-20-14/h4-7,10-11,17H,8-9H2,1-3H3. The molecule has 0 atom stereocenters. The first-order chi connectivity index (χ1) is 9.79. The van der Waals surface area contributed by atoms with Crippen LogP contribution in [0.3, 0.4) is 0 Å². The maximum Gasteiger partial charge on any atom is 0.240 e. The molecule has 0 saturated carbocycles. The third-order valence-electron chi connectivity index (χ3n) is 3.15. The second kappa shape index (κ2) is 6.25. The first-order valence-electron chi connectivity index (χ1n) is 6.78. The second-order valence-corrected chi connectivity index (χ2v) is 8.59. The lowest BCUT2D eigenvalue weighted by Crippen LogP contribution is -2.26. The number of sulfonamides is 1. The molecular weight excluding hydrogens is 304 g/mol. The predicted molar refractivity (Wildman–Crippen MR) is 86.1 cm³/mol. The van der Waals surface area contributed by atoms with Crippen LogP contribution in [0.1, 0.15) is 31.3 Å². The molecule has 0 aliphatic heterocycles. The van der Waals surface area contributed by atoms with Crippen LogP contribution in [-0.2, 0) is 21.9 Å². The van der Waals surface area contributed by atoms with Crippen molar-refractivity contribution in [2.45, 2.75) is 37.5 Å². The molecule has 0 spiro atoms. The fourth-order valence-electron chi connectivity index (χ4n) is 1.89. The average Bonchev–Trinajstić information content (AvgIpc) is 2.91. The van der Waals surface area contributed by atoms with E-state index >= 15 is 0 Å². The highest BCUT2D eigenvalue weighted by Gasteiger charge is 2.17. The summed E-state index contributed by atoms with van der Waals surface area (Å²) >= 11 is 1.53. The van der Waals surface area contributed by atoms with Gasteiger partial charge in [0.2, 0.25) is 10.0 Å². The lowest BCUT2D eigenvalue weighted by molar-refractivity contribution is 0.578. The van der Waals surface area contributed by atoms with E-state index in [9.17, 15) is 8.42 Å². The summed E-state index contributed by atoms with van der Waals surface area (Å²) in [6, 6.07) is 7.06. The molecule has 2 aromatic rings. The summed E-state index contributed by atoms with van der Waals surface area (Å²) in [5.41, 5.74) is 1.13. The van der Waals surface area contributed by atoms with Crippen molar-refractivity contribution >= 4 is 21.4 Å². The van der Waals surface area contributed by atoms with Gasteiger partial charge in [-0.2, -0.15) is 0 Å². The summed E-state index contributed by atoms with van der Waals surface area (Å²) in [6.07, 6.45) is 2.33. The van der Waals surface area contributed by atoms with Gasteiger partial charge in [-0.15, -0.1) is 11.3 Å². The third kappa shape index (κ3) is 4.36. The molecule has 0 aliphatic rings. The van der Waals surface area contributed by atoms with Crippen molar-refractivity contribution in [2.75, 3.05) is 6.54 Å². The van der Waals surface area contributed by atoms with Crippen molar-refractivity contribution < 1.29 is 8.42 Å². The van der Waals surface area contributed by atoms with Gasteiger partial charge in [-0.1, -0.05) is 32.9 Å². The average molecular weight is 324 g/mol. The van der Waals surface area contributed by atoms with E-state index < -0.39 is 10.0 Å². The molecule has 0 amide bonds. The molecule has 1 aromatic carbocycles. The van der Waals surface area contributed by atoms with Crippen LogP contribution in [0.15, 0.2) is 40.7 Å². The van der Waals surface area contributed by atoms with Gasteiger partial charge in [0.05, 0.1) is 9.90 Å². The minimum Gasteiger partial charge on any atom is -0.250 e. The van der Waals surface area contributed by atoms with Gasteiger partial charge in [0.1, 0.15) is 0 Å². The Hall–Kier alpha value is -1.24. The van der Waals surface area contributed by atoms with E-state index in [1.165, 1.54) is 11.3 Å². The van der Waals surface area contributed by atoms with E-state index in [0.29, 0.717) is 17.9 Å². The van der Waals surface area contributed by atoms with E-state index in [1.54, 1.807) is 18.3 Å². The summed E-state index contributed by atoms with van der Waals surface area (Å²) < 4.78 is 27.0. The van der Waals surface area contributed by atoms with Crippen LogP contribution in [0, 0.1) is 0 Å². The quantitative estimate of drug-likeness (QED) is 0.920. The van der Waals surface area contributed by atoms with Gasteiger partial charge in [0, 0.05) is 24.5 Å². The number of hydrogen-bond acceptors (Lipinski definition) is 4. The number of aromatic nitrogens is 1. The van der Waals surface area contributed by atoms with E-state index in [0.717, 1.165) is 10.6 Å². The van der Waals surface area contributed by atoms with E-state index in [2.05, 4.69) is 30.5 Å². The Morgan fingerprint density at radius 3 is 2.38 bits per heavy atom. The Kier molecular flexibility index (Phi) is 4.81. The number of benzene rings is 1. The molecule has 1 aromatic heterocycles. The van der Waals surface area contributed by atoms with Gasteiger partial charge >= 0.3 is 0 Å². The van der Waals surface area contributed by atoms with Gasteiger partial charge in [-0.3, -0.25) is 0 Å². The maximum atomic E-state index is 12.2. The summed E-state index contributed by atoms with van der Waals surface area (Å²) in [4.78, 5) is 4.43.